The van der Waals surface area contributed by atoms with Crippen LogP contribution in [-0.4, -0.2) is 37.4 Å². The maximum Gasteiger partial charge on any atom is 0.339 e. The van der Waals surface area contributed by atoms with Crippen LogP contribution in [0.2, 0.25) is 0 Å². The number of methoxy groups -OCH3 is 3. The fraction of sp³-hybridized carbons (Fsp3) is 0.240. The molecule has 170 valence electrons. The molecule has 0 saturated heterocycles. The van der Waals surface area contributed by atoms with Gasteiger partial charge in [-0.15, -0.1) is 0 Å². The molecule has 4 rings (SSSR count). The Labute approximate surface area is 191 Å². The van der Waals surface area contributed by atoms with E-state index in [0.29, 0.717) is 56.4 Å². The maximum atomic E-state index is 13.1. The second-order valence-electron chi connectivity index (χ2n) is 7.37. The lowest BCUT2D eigenvalue weighted by atomic mass is 10.0. The van der Waals surface area contributed by atoms with Gasteiger partial charge in [-0.2, -0.15) is 0 Å². The Kier molecular flexibility index (Phi) is 6.17. The first-order valence-electron chi connectivity index (χ1n) is 10.3. The van der Waals surface area contributed by atoms with Gasteiger partial charge in [0.15, 0.2) is 11.5 Å². The van der Waals surface area contributed by atoms with E-state index in [1.54, 1.807) is 46.5 Å². The van der Waals surface area contributed by atoms with Crippen molar-refractivity contribution in [2.75, 3.05) is 21.3 Å². The molecule has 0 N–H and O–H groups in total. The van der Waals surface area contributed by atoms with Gasteiger partial charge in [-0.25, -0.2) is 9.78 Å². The Hall–Kier alpha value is -4.07. The molecule has 2 heterocycles. The van der Waals surface area contributed by atoms with Gasteiger partial charge in [-0.1, -0.05) is 23.4 Å². The first-order valence-corrected chi connectivity index (χ1v) is 10.3. The number of carbonyl (C=O) groups is 1. The Morgan fingerprint density at radius 3 is 2.27 bits per heavy atom. The highest BCUT2D eigenvalue weighted by Crippen LogP contribution is 2.41. The van der Waals surface area contributed by atoms with Crippen molar-refractivity contribution >= 4 is 16.9 Å². The zero-order valence-electron chi connectivity index (χ0n) is 19.1. The SMILES string of the molecule is COc1cc(-c2cc(C(=O)OCc3c(C)noc3C)c3ccccc3n2)cc(OC)c1OC. The zero-order valence-corrected chi connectivity index (χ0v) is 19.1. The molecular formula is C25H24N2O6. The standard InChI is InChI=1S/C25H24N2O6/c1-14-19(15(2)33-27-14)13-32-25(28)18-12-21(26-20-9-7-6-8-17(18)20)16-10-22(29-3)24(31-5)23(11-16)30-4/h6-12H,13H2,1-5H3. The van der Waals surface area contributed by atoms with Crippen molar-refractivity contribution in [3.63, 3.8) is 0 Å². The second-order valence-corrected chi connectivity index (χ2v) is 7.37. The molecule has 4 aromatic rings. The minimum absolute atomic E-state index is 0.0656. The van der Waals surface area contributed by atoms with Gasteiger partial charge in [0.1, 0.15) is 12.4 Å². The fourth-order valence-corrected chi connectivity index (χ4v) is 3.64. The molecule has 0 aliphatic rings. The second kappa shape index (κ2) is 9.20. The minimum atomic E-state index is -0.470. The van der Waals surface area contributed by atoms with Crippen molar-refractivity contribution in [1.82, 2.24) is 10.1 Å². The van der Waals surface area contributed by atoms with E-state index in [4.69, 9.17) is 28.5 Å². The number of carbonyl (C=O) groups excluding carboxylic acids is 1. The summed E-state index contributed by atoms with van der Waals surface area (Å²) < 4.78 is 27.1. The lowest BCUT2D eigenvalue weighted by Crippen LogP contribution is -2.08. The molecule has 0 spiro atoms. The molecule has 0 radical (unpaired) electrons. The van der Waals surface area contributed by atoms with Crippen LogP contribution in [0.4, 0.5) is 0 Å². The quantitative estimate of drug-likeness (QED) is 0.369. The molecular weight excluding hydrogens is 424 g/mol. The van der Waals surface area contributed by atoms with Crippen LogP contribution in [0.3, 0.4) is 0 Å². The van der Waals surface area contributed by atoms with Crippen molar-refractivity contribution in [2.45, 2.75) is 20.5 Å². The molecule has 0 unspecified atom stereocenters. The summed E-state index contributed by atoms with van der Waals surface area (Å²) in [5.74, 6) is 1.61. The van der Waals surface area contributed by atoms with Crippen molar-refractivity contribution in [3.05, 3.63) is 65.0 Å². The highest BCUT2D eigenvalue weighted by atomic mass is 16.5. The Morgan fingerprint density at radius 1 is 0.970 bits per heavy atom. The molecule has 8 nitrogen and oxygen atoms in total. The average molecular weight is 448 g/mol. The number of esters is 1. The lowest BCUT2D eigenvalue weighted by molar-refractivity contribution is 0.0473. The van der Waals surface area contributed by atoms with E-state index in [1.165, 1.54) is 0 Å². The van der Waals surface area contributed by atoms with Gasteiger partial charge in [0.05, 0.1) is 49.4 Å². The summed E-state index contributed by atoms with van der Waals surface area (Å²) in [4.78, 5) is 17.9. The van der Waals surface area contributed by atoms with E-state index >= 15 is 0 Å². The van der Waals surface area contributed by atoms with E-state index in [2.05, 4.69) is 5.16 Å². The number of aromatic nitrogens is 2. The molecule has 0 aliphatic heterocycles. The summed E-state index contributed by atoms with van der Waals surface area (Å²) in [6.45, 7) is 3.66. The molecule has 0 aliphatic carbocycles. The van der Waals surface area contributed by atoms with Gasteiger partial charge in [0.25, 0.3) is 0 Å². The molecule has 2 aromatic heterocycles. The van der Waals surface area contributed by atoms with E-state index in [0.717, 1.165) is 5.56 Å². The molecule has 0 amide bonds. The topological polar surface area (TPSA) is 92.9 Å². The Morgan fingerprint density at radius 2 is 1.67 bits per heavy atom. The molecule has 2 aromatic carbocycles. The first kappa shape index (κ1) is 22.1. The Balaban J connectivity index is 1.78. The van der Waals surface area contributed by atoms with Gasteiger partial charge in [0.2, 0.25) is 5.75 Å². The average Bonchev–Trinajstić information content (AvgIpc) is 3.17. The van der Waals surface area contributed by atoms with Crippen LogP contribution in [0.25, 0.3) is 22.2 Å². The molecule has 33 heavy (non-hydrogen) atoms. The van der Waals surface area contributed by atoms with Crippen LogP contribution in [0.1, 0.15) is 27.4 Å². The fourth-order valence-electron chi connectivity index (χ4n) is 3.64. The minimum Gasteiger partial charge on any atom is -0.493 e. The largest absolute Gasteiger partial charge is 0.493 e. The third kappa shape index (κ3) is 4.19. The smallest absolute Gasteiger partial charge is 0.339 e. The van der Waals surface area contributed by atoms with E-state index in [1.807, 2.05) is 31.2 Å². The number of para-hydroxylation sites is 1. The number of pyridine rings is 1. The number of hydrogen-bond donors (Lipinski definition) is 0. The number of fused-ring (bicyclic) bond motifs is 1. The van der Waals surface area contributed by atoms with Gasteiger partial charge >= 0.3 is 5.97 Å². The number of nitrogens with zero attached hydrogens (tertiary/aromatic N) is 2. The number of aryl methyl sites for hydroxylation is 2. The zero-order chi connectivity index (χ0) is 23.5. The lowest BCUT2D eigenvalue weighted by Gasteiger charge is -2.15. The predicted octanol–water partition coefficient (Wildman–Crippen LogP) is 4.89. The van der Waals surface area contributed by atoms with Gasteiger partial charge in [0, 0.05) is 10.9 Å². The Bertz CT molecular complexity index is 1280. The highest BCUT2D eigenvalue weighted by molar-refractivity contribution is 6.04. The summed E-state index contributed by atoms with van der Waals surface area (Å²) in [5.41, 5.74) is 3.78. The van der Waals surface area contributed by atoms with Crippen molar-refractivity contribution in [3.8, 4) is 28.5 Å². The van der Waals surface area contributed by atoms with Gasteiger partial charge < -0.3 is 23.5 Å². The van der Waals surface area contributed by atoms with Crippen molar-refractivity contribution < 1.29 is 28.3 Å². The van der Waals surface area contributed by atoms with Gasteiger partial charge in [-0.3, -0.25) is 0 Å². The normalized spacial score (nSPS) is 10.8. The van der Waals surface area contributed by atoms with Crippen molar-refractivity contribution in [2.24, 2.45) is 0 Å². The van der Waals surface area contributed by atoms with Crippen LogP contribution in [0, 0.1) is 13.8 Å². The molecule has 0 saturated carbocycles. The summed E-state index contributed by atoms with van der Waals surface area (Å²) in [6, 6.07) is 12.7. The van der Waals surface area contributed by atoms with E-state index < -0.39 is 5.97 Å². The van der Waals surface area contributed by atoms with Crippen LogP contribution in [-0.2, 0) is 11.3 Å². The summed E-state index contributed by atoms with van der Waals surface area (Å²) in [6.07, 6.45) is 0. The number of benzene rings is 2. The summed E-state index contributed by atoms with van der Waals surface area (Å²) in [5, 5.41) is 4.60. The number of hydrogen-bond acceptors (Lipinski definition) is 8. The number of ether oxygens (including phenoxy) is 4. The number of rotatable bonds is 7. The van der Waals surface area contributed by atoms with E-state index in [-0.39, 0.29) is 6.61 Å². The summed E-state index contributed by atoms with van der Waals surface area (Å²) >= 11 is 0. The molecule has 0 bridgehead atoms. The first-order chi connectivity index (χ1) is 16.0. The highest BCUT2D eigenvalue weighted by Gasteiger charge is 2.20. The predicted molar refractivity (Wildman–Crippen MR) is 122 cm³/mol. The molecule has 0 fully saturated rings. The third-order valence-corrected chi connectivity index (χ3v) is 5.43. The van der Waals surface area contributed by atoms with Gasteiger partial charge in [-0.05, 0) is 38.1 Å². The van der Waals surface area contributed by atoms with Crippen molar-refractivity contribution in [1.29, 1.82) is 0 Å². The molecule has 8 heteroatoms. The maximum absolute atomic E-state index is 13.1. The van der Waals surface area contributed by atoms with Crippen LogP contribution in [0.15, 0.2) is 47.0 Å². The third-order valence-electron chi connectivity index (χ3n) is 5.43. The van der Waals surface area contributed by atoms with Crippen LogP contribution >= 0.6 is 0 Å². The van der Waals surface area contributed by atoms with E-state index in [9.17, 15) is 4.79 Å². The summed E-state index contributed by atoms with van der Waals surface area (Å²) in [7, 11) is 4.64. The van der Waals surface area contributed by atoms with Crippen LogP contribution < -0.4 is 14.2 Å². The monoisotopic (exact) mass is 448 g/mol. The van der Waals surface area contributed by atoms with Crippen LogP contribution in [0.5, 0.6) is 17.2 Å². The molecule has 0 atom stereocenters.